The molecule has 3 aromatic rings. The molecular weight excluding hydrogens is 438 g/mol. The standard InChI is InChI=1S/C27H31N7O/c1-17-23-11-10-22(14-21(23)12-13-29-17)32-27-30-15-24(18(2)31-19(3)28-4)26(34-27)33-25(16-35)20-8-6-5-7-9-20/h5-11,14-15,25,29,35H,1,12-13,16H2,2-4H3,(H2,30,32,33,34)/t25-/m1/s1. The van der Waals surface area contributed by atoms with E-state index in [0.717, 1.165) is 46.8 Å². The van der Waals surface area contributed by atoms with E-state index < -0.39 is 0 Å². The van der Waals surface area contributed by atoms with Gasteiger partial charge in [0.15, 0.2) is 0 Å². The molecule has 0 saturated carbocycles. The Morgan fingerprint density at radius 3 is 2.74 bits per heavy atom. The highest BCUT2D eigenvalue weighted by molar-refractivity contribution is 6.08. The van der Waals surface area contributed by atoms with Crippen LogP contribution in [0.5, 0.6) is 0 Å². The van der Waals surface area contributed by atoms with E-state index in [-0.39, 0.29) is 12.6 Å². The molecule has 0 saturated heterocycles. The first-order valence-corrected chi connectivity index (χ1v) is 11.6. The molecule has 0 spiro atoms. The molecule has 1 atom stereocenters. The van der Waals surface area contributed by atoms with Gasteiger partial charge < -0.3 is 21.1 Å². The first kappa shape index (κ1) is 24.1. The molecule has 4 N–H and O–H groups in total. The number of rotatable bonds is 7. The molecule has 0 radical (unpaired) electrons. The normalized spacial score (nSPS) is 14.7. The van der Waals surface area contributed by atoms with E-state index >= 15 is 0 Å². The van der Waals surface area contributed by atoms with E-state index in [1.165, 1.54) is 5.56 Å². The number of aliphatic hydroxyl groups is 1. The Balaban J connectivity index is 1.68. The topological polar surface area (TPSA) is 107 Å². The highest BCUT2D eigenvalue weighted by atomic mass is 16.3. The van der Waals surface area contributed by atoms with E-state index in [2.05, 4.69) is 49.6 Å². The van der Waals surface area contributed by atoms with Crippen LogP contribution in [0.15, 0.2) is 71.3 Å². The number of hydrogen-bond donors (Lipinski definition) is 4. The second-order valence-electron chi connectivity index (χ2n) is 8.37. The van der Waals surface area contributed by atoms with Crippen LogP contribution < -0.4 is 16.0 Å². The Morgan fingerprint density at radius 2 is 2.00 bits per heavy atom. The number of aliphatic hydroxyl groups excluding tert-OH is 1. The molecule has 0 fully saturated rings. The van der Waals surface area contributed by atoms with Crippen LogP contribution >= 0.6 is 0 Å². The predicted octanol–water partition coefficient (Wildman–Crippen LogP) is 4.34. The second kappa shape index (κ2) is 10.9. The largest absolute Gasteiger partial charge is 0.394 e. The number of aliphatic imine (C=N–C) groups is 2. The minimum atomic E-state index is -0.339. The average Bonchev–Trinajstić information content (AvgIpc) is 2.88. The fourth-order valence-corrected chi connectivity index (χ4v) is 4.00. The molecule has 1 aromatic heterocycles. The van der Waals surface area contributed by atoms with Gasteiger partial charge in [0.2, 0.25) is 5.95 Å². The molecule has 4 rings (SSSR count). The molecule has 8 heteroatoms. The lowest BCUT2D eigenvalue weighted by molar-refractivity contribution is 0.276. The minimum absolute atomic E-state index is 0.0927. The third kappa shape index (κ3) is 5.73. The third-order valence-corrected chi connectivity index (χ3v) is 5.95. The lowest BCUT2D eigenvalue weighted by Crippen LogP contribution is -2.22. The summed E-state index contributed by atoms with van der Waals surface area (Å²) in [5.74, 6) is 1.68. The zero-order valence-electron chi connectivity index (χ0n) is 20.3. The molecule has 2 aromatic carbocycles. The fourth-order valence-electron chi connectivity index (χ4n) is 4.00. The molecule has 0 aliphatic carbocycles. The van der Waals surface area contributed by atoms with Gasteiger partial charge in [-0.3, -0.25) is 4.99 Å². The summed E-state index contributed by atoms with van der Waals surface area (Å²) in [5, 5.41) is 20.1. The van der Waals surface area contributed by atoms with Gasteiger partial charge in [-0.25, -0.2) is 9.98 Å². The number of fused-ring (bicyclic) bond motifs is 1. The maximum absolute atomic E-state index is 10.1. The zero-order valence-corrected chi connectivity index (χ0v) is 20.3. The Labute approximate surface area is 206 Å². The van der Waals surface area contributed by atoms with Gasteiger partial charge in [-0.2, -0.15) is 4.98 Å². The highest BCUT2D eigenvalue weighted by Crippen LogP contribution is 2.27. The summed E-state index contributed by atoms with van der Waals surface area (Å²) < 4.78 is 0. The summed E-state index contributed by atoms with van der Waals surface area (Å²) in [6.07, 6.45) is 2.67. The number of nitrogens with zero attached hydrogens (tertiary/aromatic N) is 4. The third-order valence-electron chi connectivity index (χ3n) is 5.95. The smallest absolute Gasteiger partial charge is 0.229 e. The SMILES string of the molecule is C=C1NCCc2cc(Nc3ncc(C(C)=NC(C)=NC)c(N[C@H](CO)c4ccccc4)n3)ccc21. The van der Waals surface area contributed by atoms with Crippen LogP contribution in [-0.4, -0.2) is 46.8 Å². The minimum Gasteiger partial charge on any atom is -0.394 e. The Morgan fingerprint density at radius 1 is 1.20 bits per heavy atom. The van der Waals surface area contributed by atoms with Crippen molar-refractivity contribution in [1.29, 1.82) is 0 Å². The Kier molecular flexibility index (Phi) is 7.52. The van der Waals surface area contributed by atoms with Crippen molar-refractivity contribution in [3.05, 3.63) is 83.6 Å². The van der Waals surface area contributed by atoms with Gasteiger partial charge in [-0.1, -0.05) is 43.0 Å². The number of aromatic nitrogens is 2. The van der Waals surface area contributed by atoms with Crippen LogP contribution in [0, 0.1) is 0 Å². The highest BCUT2D eigenvalue weighted by Gasteiger charge is 2.17. The van der Waals surface area contributed by atoms with Crippen molar-refractivity contribution in [3.63, 3.8) is 0 Å². The van der Waals surface area contributed by atoms with Crippen LogP contribution in [0.1, 0.15) is 42.1 Å². The van der Waals surface area contributed by atoms with Crippen molar-refractivity contribution in [2.75, 3.05) is 30.8 Å². The fraction of sp³-hybridized carbons (Fsp3) is 0.259. The van der Waals surface area contributed by atoms with E-state index in [4.69, 9.17) is 4.98 Å². The molecular formula is C27H31N7O. The first-order valence-electron chi connectivity index (χ1n) is 11.6. The summed E-state index contributed by atoms with van der Waals surface area (Å²) in [6.45, 7) is 8.60. The van der Waals surface area contributed by atoms with Gasteiger partial charge in [-0.15, -0.1) is 0 Å². The number of hydrogen-bond acceptors (Lipinski definition) is 7. The monoisotopic (exact) mass is 469 g/mol. The number of nitrogens with one attached hydrogen (secondary N) is 3. The lowest BCUT2D eigenvalue weighted by Gasteiger charge is -2.21. The maximum atomic E-state index is 10.1. The van der Waals surface area contributed by atoms with Gasteiger partial charge in [0.1, 0.15) is 11.7 Å². The summed E-state index contributed by atoms with van der Waals surface area (Å²) in [7, 11) is 1.70. The van der Waals surface area contributed by atoms with Crippen molar-refractivity contribution >= 4 is 34.7 Å². The molecule has 180 valence electrons. The number of benzene rings is 2. The van der Waals surface area contributed by atoms with Crippen molar-refractivity contribution in [2.24, 2.45) is 9.98 Å². The van der Waals surface area contributed by atoms with Gasteiger partial charge in [-0.05, 0) is 43.5 Å². The molecule has 1 aliphatic rings. The van der Waals surface area contributed by atoms with Gasteiger partial charge in [0.05, 0.1) is 23.9 Å². The summed E-state index contributed by atoms with van der Waals surface area (Å²) in [5.41, 5.74) is 6.63. The molecule has 2 heterocycles. The van der Waals surface area contributed by atoms with Crippen LogP contribution in [0.2, 0.25) is 0 Å². The summed E-state index contributed by atoms with van der Waals surface area (Å²) >= 11 is 0. The quantitative estimate of drug-likeness (QED) is 0.303. The van der Waals surface area contributed by atoms with Crippen LogP contribution in [-0.2, 0) is 6.42 Å². The summed E-state index contributed by atoms with van der Waals surface area (Å²) in [4.78, 5) is 18.0. The van der Waals surface area contributed by atoms with Gasteiger partial charge in [0.25, 0.3) is 0 Å². The molecule has 0 unspecified atom stereocenters. The Bertz CT molecular complexity index is 1270. The first-order chi connectivity index (χ1) is 17.0. The van der Waals surface area contributed by atoms with Crippen LogP contribution in [0.3, 0.4) is 0 Å². The summed E-state index contributed by atoms with van der Waals surface area (Å²) in [6, 6.07) is 15.6. The van der Waals surface area contributed by atoms with Crippen LogP contribution in [0.25, 0.3) is 5.70 Å². The van der Waals surface area contributed by atoms with Crippen molar-refractivity contribution in [2.45, 2.75) is 26.3 Å². The van der Waals surface area contributed by atoms with E-state index in [1.807, 2.05) is 50.2 Å². The average molecular weight is 470 g/mol. The van der Waals surface area contributed by atoms with E-state index in [9.17, 15) is 5.11 Å². The Hall–Kier alpha value is -4.04. The van der Waals surface area contributed by atoms with Crippen molar-refractivity contribution < 1.29 is 5.11 Å². The molecule has 8 nitrogen and oxygen atoms in total. The lowest BCUT2D eigenvalue weighted by atomic mass is 9.98. The molecule has 35 heavy (non-hydrogen) atoms. The number of amidine groups is 1. The van der Waals surface area contributed by atoms with Crippen molar-refractivity contribution in [1.82, 2.24) is 15.3 Å². The van der Waals surface area contributed by atoms with Gasteiger partial charge >= 0.3 is 0 Å². The maximum Gasteiger partial charge on any atom is 0.229 e. The van der Waals surface area contributed by atoms with Gasteiger partial charge in [0, 0.05) is 36.7 Å². The second-order valence-corrected chi connectivity index (χ2v) is 8.37. The van der Waals surface area contributed by atoms with Crippen LogP contribution in [0.4, 0.5) is 17.5 Å². The molecule has 0 bridgehead atoms. The molecule has 1 aliphatic heterocycles. The van der Waals surface area contributed by atoms with Crippen molar-refractivity contribution in [3.8, 4) is 0 Å². The zero-order chi connectivity index (χ0) is 24.8. The molecule has 0 amide bonds. The van der Waals surface area contributed by atoms with E-state index in [0.29, 0.717) is 17.6 Å². The number of anilines is 3. The predicted molar refractivity (Wildman–Crippen MR) is 144 cm³/mol. The van der Waals surface area contributed by atoms with E-state index in [1.54, 1.807) is 13.2 Å².